The molecule has 1 N–H and O–H groups in total. The van der Waals surface area contributed by atoms with Gasteiger partial charge in [-0.3, -0.25) is 4.79 Å². The molecule has 8 heteroatoms. The van der Waals surface area contributed by atoms with Crippen LogP contribution in [0.4, 0.5) is 5.69 Å². The minimum atomic E-state index is -0.901. The molecule has 0 radical (unpaired) electrons. The molecule has 3 aliphatic heterocycles. The second-order valence-electron chi connectivity index (χ2n) is 7.81. The Labute approximate surface area is 158 Å². The highest BCUT2D eigenvalue weighted by Crippen LogP contribution is 2.44. The van der Waals surface area contributed by atoms with Crippen molar-refractivity contribution in [1.29, 1.82) is 0 Å². The molecule has 0 bridgehead atoms. The number of carbonyl (C=O) groups excluding carboxylic acids is 1. The van der Waals surface area contributed by atoms with Gasteiger partial charge in [-0.2, -0.15) is 0 Å². The molecular weight excluding hydrogens is 354 g/mol. The molecule has 0 aromatic heterocycles. The number of carbonyl (C=O) groups is 1. The molecule has 5 unspecified atom stereocenters. The third-order valence-corrected chi connectivity index (χ3v) is 4.75. The molecule has 3 heterocycles. The van der Waals surface area contributed by atoms with E-state index in [4.69, 9.17) is 28.4 Å². The second kappa shape index (κ2) is 6.42. The summed E-state index contributed by atoms with van der Waals surface area (Å²) in [5, 5.41) is 2.85. The lowest BCUT2D eigenvalue weighted by Crippen LogP contribution is -2.58. The molecule has 0 spiro atoms. The molecule has 1 amide bonds. The Hall–Kier alpha value is -1.71. The molecule has 5 atom stereocenters. The Balaban J connectivity index is 1.57. The summed E-state index contributed by atoms with van der Waals surface area (Å²) < 4.78 is 34.9. The van der Waals surface area contributed by atoms with E-state index < -0.39 is 42.3 Å². The third kappa shape index (κ3) is 3.55. The fraction of sp³-hybridized carbons (Fsp3) is 0.632. The van der Waals surface area contributed by atoms with E-state index in [9.17, 15) is 4.79 Å². The molecule has 3 fully saturated rings. The zero-order chi connectivity index (χ0) is 19.4. The number of amides is 1. The van der Waals surface area contributed by atoms with Gasteiger partial charge in [0.25, 0.3) is 5.91 Å². The first-order valence-electron chi connectivity index (χ1n) is 8.99. The van der Waals surface area contributed by atoms with Crippen LogP contribution in [0.5, 0.6) is 5.75 Å². The summed E-state index contributed by atoms with van der Waals surface area (Å²) in [4.78, 5) is 13.0. The van der Waals surface area contributed by atoms with Crippen molar-refractivity contribution < 1.29 is 33.2 Å². The van der Waals surface area contributed by atoms with Gasteiger partial charge in [0.15, 0.2) is 24.0 Å². The topological polar surface area (TPSA) is 84.5 Å². The van der Waals surface area contributed by atoms with Crippen molar-refractivity contribution in [3.63, 3.8) is 0 Å². The Morgan fingerprint density at radius 3 is 2.41 bits per heavy atom. The zero-order valence-corrected chi connectivity index (χ0v) is 16.1. The quantitative estimate of drug-likeness (QED) is 0.860. The minimum Gasteiger partial charge on any atom is -0.497 e. The molecule has 27 heavy (non-hydrogen) atoms. The average Bonchev–Trinajstić information content (AvgIpc) is 3.08. The number of benzene rings is 1. The molecule has 4 rings (SSSR count). The van der Waals surface area contributed by atoms with Crippen LogP contribution in [0.15, 0.2) is 24.3 Å². The second-order valence-corrected chi connectivity index (χ2v) is 7.81. The molecule has 0 saturated carbocycles. The molecule has 0 aliphatic carbocycles. The number of methoxy groups -OCH3 is 1. The van der Waals surface area contributed by atoms with Crippen LogP contribution in [-0.2, 0) is 28.5 Å². The fourth-order valence-corrected chi connectivity index (χ4v) is 3.74. The Morgan fingerprint density at radius 2 is 1.67 bits per heavy atom. The van der Waals surface area contributed by atoms with E-state index in [1.54, 1.807) is 59.1 Å². The summed E-state index contributed by atoms with van der Waals surface area (Å²) in [7, 11) is 1.57. The number of ether oxygens (including phenoxy) is 6. The summed E-state index contributed by atoms with van der Waals surface area (Å²) in [6.07, 6.45) is -3.15. The first kappa shape index (κ1) is 18.6. The first-order chi connectivity index (χ1) is 12.7. The van der Waals surface area contributed by atoms with Gasteiger partial charge in [-0.25, -0.2) is 0 Å². The van der Waals surface area contributed by atoms with Gasteiger partial charge in [0.05, 0.1) is 7.11 Å². The molecular formula is C19H25NO7. The van der Waals surface area contributed by atoms with Gasteiger partial charge < -0.3 is 33.7 Å². The minimum absolute atomic E-state index is 0.341. The Bertz CT molecular complexity index is 735. The SMILES string of the molecule is COc1cccc(NC(=O)C2OC3OC(C)(C)OC3C3OC(C)(C)OC23)c1. The largest absolute Gasteiger partial charge is 0.497 e. The summed E-state index contributed by atoms with van der Waals surface area (Å²) in [6, 6.07) is 7.10. The van der Waals surface area contributed by atoms with Crippen LogP contribution in [-0.4, -0.2) is 55.3 Å². The average molecular weight is 379 g/mol. The number of fused-ring (bicyclic) bond motifs is 3. The molecule has 3 aliphatic rings. The Kier molecular flexibility index (Phi) is 4.44. The Morgan fingerprint density at radius 1 is 1.00 bits per heavy atom. The highest BCUT2D eigenvalue weighted by Gasteiger charge is 2.62. The highest BCUT2D eigenvalue weighted by molar-refractivity contribution is 5.95. The highest BCUT2D eigenvalue weighted by atomic mass is 16.9. The smallest absolute Gasteiger partial charge is 0.256 e. The number of rotatable bonds is 3. The zero-order valence-electron chi connectivity index (χ0n) is 16.1. The third-order valence-electron chi connectivity index (χ3n) is 4.75. The maximum atomic E-state index is 13.0. The number of anilines is 1. The molecule has 3 saturated heterocycles. The van der Waals surface area contributed by atoms with Crippen LogP contribution >= 0.6 is 0 Å². The lowest BCUT2D eigenvalue weighted by Gasteiger charge is -2.36. The van der Waals surface area contributed by atoms with Gasteiger partial charge in [0.2, 0.25) is 0 Å². The monoisotopic (exact) mass is 379 g/mol. The van der Waals surface area contributed by atoms with E-state index in [0.717, 1.165) is 0 Å². The van der Waals surface area contributed by atoms with Gasteiger partial charge in [-0.15, -0.1) is 0 Å². The van der Waals surface area contributed by atoms with Crippen LogP contribution in [0.1, 0.15) is 27.7 Å². The number of hydrogen-bond acceptors (Lipinski definition) is 7. The molecule has 148 valence electrons. The normalized spacial score (nSPS) is 36.0. The van der Waals surface area contributed by atoms with Crippen molar-refractivity contribution in [3.8, 4) is 5.75 Å². The van der Waals surface area contributed by atoms with Gasteiger partial charge in [-0.05, 0) is 39.8 Å². The van der Waals surface area contributed by atoms with E-state index in [0.29, 0.717) is 11.4 Å². The maximum Gasteiger partial charge on any atom is 0.256 e. The molecule has 8 nitrogen and oxygen atoms in total. The van der Waals surface area contributed by atoms with E-state index in [1.807, 2.05) is 0 Å². The van der Waals surface area contributed by atoms with Crippen molar-refractivity contribution in [3.05, 3.63) is 24.3 Å². The summed E-state index contributed by atoms with van der Waals surface area (Å²) >= 11 is 0. The number of nitrogens with one attached hydrogen (secondary N) is 1. The van der Waals surface area contributed by atoms with E-state index in [1.165, 1.54) is 0 Å². The summed E-state index contributed by atoms with van der Waals surface area (Å²) in [5.74, 6) is -1.37. The van der Waals surface area contributed by atoms with Crippen molar-refractivity contribution in [1.82, 2.24) is 0 Å². The van der Waals surface area contributed by atoms with E-state index in [2.05, 4.69) is 5.32 Å². The van der Waals surface area contributed by atoms with Crippen LogP contribution < -0.4 is 10.1 Å². The summed E-state index contributed by atoms with van der Waals surface area (Å²) in [6.45, 7) is 7.21. The standard InChI is InChI=1S/C19H25NO7/c1-18(2)24-12-13(25-18)15-17(27-19(3,4)26-15)23-14(12)16(21)20-10-7-6-8-11(9-10)22-5/h6-9,12-15,17H,1-5H3,(H,20,21). The maximum absolute atomic E-state index is 13.0. The van der Waals surface area contributed by atoms with Crippen molar-refractivity contribution in [2.45, 2.75) is 70.0 Å². The van der Waals surface area contributed by atoms with E-state index in [-0.39, 0.29) is 5.91 Å². The van der Waals surface area contributed by atoms with Crippen LogP contribution in [0.25, 0.3) is 0 Å². The van der Waals surface area contributed by atoms with Gasteiger partial charge >= 0.3 is 0 Å². The number of hydrogen-bond donors (Lipinski definition) is 1. The van der Waals surface area contributed by atoms with Crippen molar-refractivity contribution in [2.75, 3.05) is 12.4 Å². The lowest BCUT2D eigenvalue weighted by molar-refractivity contribution is -0.229. The molecule has 1 aromatic carbocycles. The van der Waals surface area contributed by atoms with Crippen molar-refractivity contribution >= 4 is 11.6 Å². The van der Waals surface area contributed by atoms with E-state index >= 15 is 0 Å². The van der Waals surface area contributed by atoms with Gasteiger partial charge in [0.1, 0.15) is 24.1 Å². The van der Waals surface area contributed by atoms with Crippen LogP contribution in [0, 0.1) is 0 Å². The first-order valence-corrected chi connectivity index (χ1v) is 8.99. The van der Waals surface area contributed by atoms with Gasteiger partial charge in [-0.1, -0.05) is 6.07 Å². The summed E-state index contributed by atoms with van der Waals surface area (Å²) in [5.41, 5.74) is 0.601. The van der Waals surface area contributed by atoms with Gasteiger partial charge in [0, 0.05) is 11.8 Å². The predicted molar refractivity (Wildman–Crippen MR) is 94.1 cm³/mol. The predicted octanol–water partition coefficient (Wildman–Crippen LogP) is 2.03. The lowest BCUT2D eigenvalue weighted by atomic mass is 9.98. The van der Waals surface area contributed by atoms with Crippen LogP contribution in [0.3, 0.4) is 0 Å². The fourth-order valence-electron chi connectivity index (χ4n) is 3.74. The van der Waals surface area contributed by atoms with Crippen molar-refractivity contribution in [2.24, 2.45) is 0 Å². The van der Waals surface area contributed by atoms with Crippen LogP contribution in [0.2, 0.25) is 0 Å². The molecule has 1 aromatic rings.